The molecule has 162 valence electrons. The molecule has 30 heavy (non-hydrogen) atoms. The van der Waals surface area contributed by atoms with Gasteiger partial charge < -0.3 is 10.2 Å². The quantitative estimate of drug-likeness (QED) is 0.552. The van der Waals surface area contributed by atoms with Crippen LogP contribution in [0.15, 0.2) is 36.4 Å². The Morgan fingerprint density at radius 1 is 1.10 bits per heavy atom. The van der Waals surface area contributed by atoms with Crippen molar-refractivity contribution >= 4 is 34.2 Å². The number of carbonyl (C=O) groups is 1. The van der Waals surface area contributed by atoms with E-state index in [1.54, 1.807) is 18.2 Å². The molecule has 1 N–H and O–H groups in total. The Hall–Kier alpha value is -1.65. The molecule has 1 amide bonds. The SMILES string of the molecule is CCN1CCN(Cc2ccc(NC(=O)c3cccc(I)c3C)cc2C(F)(F)F)CC1. The fraction of sp³-hybridized carbons (Fsp3) is 0.409. The third-order valence-corrected chi connectivity index (χ3v) is 6.66. The third-order valence-electron chi connectivity index (χ3n) is 5.49. The van der Waals surface area contributed by atoms with Crippen molar-refractivity contribution in [1.29, 1.82) is 0 Å². The van der Waals surface area contributed by atoms with Gasteiger partial charge in [0.25, 0.3) is 5.91 Å². The Morgan fingerprint density at radius 2 is 1.77 bits per heavy atom. The zero-order valence-electron chi connectivity index (χ0n) is 17.0. The lowest BCUT2D eigenvalue weighted by molar-refractivity contribution is -0.138. The number of piperazine rings is 1. The minimum atomic E-state index is -4.49. The van der Waals surface area contributed by atoms with Gasteiger partial charge in [-0.2, -0.15) is 13.2 Å². The van der Waals surface area contributed by atoms with Crippen molar-refractivity contribution in [2.75, 3.05) is 38.0 Å². The summed E-state index contributed by atoms with van der Waals surface area (Å²) >= 11 is 2.13. The van der Waals surface area contributed by atoms with Crippen molar-refractivity contribution in [2.24, 2.45) is 0 Å². The summed E-state index contributed by atoms with van der Waals surface area (Å²) in [5.41, 5.74) is 0.932. The molecule has 0 aromatic heterocycles. The van der Waals surface area contributed by atoms with E-state index in [1.807, 2.05) is 17.9 Å². The maximum Gasteiger partial charge on any atom is 0.416 e. The van der Waals surface area contributed by atoms with E-state index < -0.39 is 17.6 Å². The molecule has 0 saturated carbocycles. The van der Waals surface area contributed by atoms with Crippen LogP contribution in [0, 0.1) is 10.5 Å². The van der Waals surface area contributed by atoms with E-state index >= 15 is 0 Å². The van der Waals surface area contributed by atoms with E-state index in [2.05, 4.69) is 39.7 Å². The average Bonchev–Trinajstić information content (AvgIpc) is 2.71. The fourth-order valence-corrected chi connectivity index (χ4v) is 4.11. The van der Waals surface area contributed by atoms with Crippen LogP contribution in [-0.4, -0.2) is 48.4 Å². The summed E-state index contributed by atoms with van der Waals surface area (Å²) in [5.74, 6) is -0.414. The maximum absolute atomic E-state index is 13.7. The highest BCUT2D eigenvalue weighted by Crippen LogP contribution is 2.35. The number of nitrogens with one attached hydrogen (secondary N) is 1. The zero-order chi connectivity index (χ0) is 21.9. The van der Waals surface area contributed by atoms with E-state index in [1.165, 1.54) is 6.07 Å². The van der Waals surface area contributed by atoms with Gasteiger partial charge in [-0.1, -0.05) is 19.1 Å². The van der Waals surface area contributed by atoms with Crippen LogP contribution in [0.25, 0.3) is 0 Å². The molecule has 1 aliphatic rings. The number of amides is 1. The Labute approximate surface area is 188 Å². The molecule has 0 spiro atoms. The first-order valence-electron chi connectivity index (χ1n) is 9.90. The van der Waals surface area contributed by atoms with Crippen LogP contribution in [0.2, 0.25) is 0 Å². The molecule has 0 aliphatic carbocycles. The molecular formula is C22H25F3IN3O. The summed E-state index contributed by atoms with van der Waals surface area (Å²) in [4.78, 5) is 16.9. The van der Waals surface area contributed by atoms with Crippen LogP contribution in [-0.2, 0) is 12.7 Å². The predicted molar refractivity (Wildman–Crippen MR) is 121 cm³/mol. The van der Waals surface area contributed by atoms with Gasteiger partial charge in [-0.25, -0.2) is 0 Å². The lowest BCUT2D eigenvalue weighted by atomic mass is 10.0. The topological polar surface area (TPSA) is 35.6 Å². The monoisotopic (exact) mass is 531 g/mol. The van der Waals surface area contributed by atoms with Gasteiger partial charge >= 0.3 is 6.18 Å². The number of anilines is 1. The summed E-state index contributed by atoms with van der Waals surface area (Å²) in [7, 11) is 0. The third kappa shape index (κ3) is 5.53. The Balaban J connectivity index is 1.79. The van der Waals surface area contributed by atoms with Gasteiger partial charge in [0.2, 0.25) is 0 Å². The predicted octanol–water partition coefficient (Wildman–Crippen LogP) is 5.01. The largest absolute Gasteiger partial charge is 0.416 e. The number of hydrogen-bond donors (Lipinski definition) is 1. The number of nitrogens with zero attached hydrogens (tertiary/aromatic N) is 2. The number of benzene rings is 2. The summed E-state index contributed by atoms with van der Waals surface area (Å²) in [6.07, 6.45) is -4.49. The van der Waals surface area contributed by atoms with E-state index in [4.69, 9.17) is 0 Å². The molecule has 0 unspecified atom stereocenters. The molecule has 0 radical (unpaired) electrons. The average molecular weight is 531 g/mol. The number of rotatable bonds is 5. The first kappa shape index (κ1) is 23.0. The summed E-state index contributed by atoms with van der Waals surface area (Å²) in [6, 6.07) is 9.37. The number of likely N-dealkylation sites (N-methyl/N-ethyl adjacent to an activating group) is 1. The summed E-state index contributed by atoms with van der Waals surface area (Å²) < 4.78 is 42.1. The number of halogens is 4. The molecule has 1 heterocycles. The fourth-order valence-electron chi connectivity index (χ4n) is 3.61. The lowest BCUT2D eigenvalue weighted by Crippen LogP contribution is -2.45. The van der Waals surface area contributed by atoms with Crippen molar-refractivity contribution in [1.82, 2.24) is 9.80 Å². The summed E-state index contributed by atoms with van der Waals surface area (Å²) in [5, 5.41) is 2.62. The van der Waals surface area contributed by atoms with E-state index in [0.29, 0.717) is 5.56 Å². The number of carbonyl (C=O) groups excluding carboxylic acids is 1. The van der Waals surface area contributed by atoms with Crippen molar-refractivity contribution in [3.63, 3.8) is 0 Å². The minimum absolute atomic E-state index is 0.144. The van der Waals surface area contributed by atoms with Gasteiger partial charge in [0.1, 0.15) is 0 Å². The first-order chi connectivity index (χ1) is 14.2. The first-order valence-corrected chi connectivity index (χ1v) is 11.0. The smallest absolute Gasteiger partial charge is 0.322 e. The molecule has 2 aromatic rings. The van der Waals surface area contributed by atoms with Crippen LogP contribution in [0.3, 0.4) is 0 Å². The van der Waals surface area contributed by atoms with Gasteiger partial charge in [0, 0.05) is 47.5 Å². The van der Waals surface area contributed by atoms with E-state index in [0.717, 1.165) is 47.9 Å². The van der Waals surface area contributed by atoms with Crippen LogP contribution < -0.4 is 5.32 Å². The molecule has 1 fully saturated rings. The second-order valence-corrected chi connectivity index (χ2v) is 8.61. The lowest BCUT2D eigenvalue weighted by Gasteiger charge is -2.34. The second-order valence-electron chi connectivity index (χ2n) is 7.45. The Kier molecular flexibility index (Phi) is 7.41. The molecule has 0 bridgehead atoms. The number of hydrogen-bond acceptors (Lipinski definition) is 3. The van der Waals surface area contributed by atoms with E-state index in [9.17, 15) is 18.0 Å². The second kappa shape index (κ2) is 9.65. The normalized spacial score (nSPS) is 15.9. The van der Waals surface area contributed by atoms with Crippen molar-refractivity contribution in [3.05, 3.63) is 62.2 Å². The van der Waals surface area contributed by atoms with Crippen molar-refractivity contribution in [3.8, 4) is 0 Å². The van der Waals surface area contributed by atoms with Crippen molar-refractivity contribution in [2.45, 2.75) is 26.6 Å². The van der Waals surface area contributed by atoms with E-state index in [-0.39, 0.29) is 17.8 Å². The van der Waals surface area contributed by atoms with Crippen LogP contribution in [0.4, 0.5) is 18.9 Å². The molecule has 4 nitrogen and oxygen atoms in total. The van der Waals surface area contributed by atoms with Crippen LogP contribution in [0.5, 0.6) is 0 Å². The van der Waals surface area contributed by atoms with Gasteiger partial charge in [-0.05, 0) is 71.5 Å². The molecule has 2 aromatic carbocycles. The van der Waals surface area contributed by atoms with Gasteiger partial charge in [0.15, 0.2) is 0 Å². The minimum Gasteiger partial charge on any atom is -0.322 e. The molecule has 1 aliphatic heterocycles. The highest BCUT2D eigenvalue weighted by Gasteiger charge is 2.34. The van der Waals surface area contributed by atoms with Gasteiger partial charge in [0.05, 0.1) is 5.56 Å². The molecule has 8 heteroatoms. The molecule has 3 rings (SSSR count). The summed E-state index contributed by atoms with van der Waals surface area (Å²) in [6.45, 7) is 8.32. The van der Waals surface area contributed by atoms with Crippen LogP contribution in [0.1, 0.15) is 34.0 Å². The maximum atomic E-state index is 13.7. The standard InChI is InChI=1S/C22H25F3IN3O/c1-3-28-9-11-29(12-10-28)14-16-7-8-17(13-19(16)22(23,24)25)27-21(30)18-5-4-6-20(26)15(18)2/h4-8,13H,3,9-12,14H2,1-2H3,(H,27,30). The number of alkyl halides is 3. The molecule has 0 atom stereocenters. The highest BCUT2D eigenvalue weighted by atomic mass is 127. The van der Waals surface area contributed by atoms with Gasteiger partial charge in [-0.15, -0.1) is 0 Å². The Bertz CT molecular complexity index is 909. The highest BCUT2D eigenvalue weighted by molar-refractivity contribution is 14.1. The van der Waals surface area contributed by atoms with Gasteiger partial charge in [-0.3, -0.25) is 9.69 Å². The van der Waals surface area contributed by atoms with Crippen molar-refractivity contribution < 1.29 is 18.0 Å². The zero-order valence-corrected chi connectivity index (χ0v) is 19.2. The molecular weight excluding hydrogens is 506 g/mol. The van der Waals surface area contributed by atoms with Crippen LogP contribution >= 0.6 is 22.6 Å². The molecule has 1 saturated heterocycles. The Morgan fingerprint density at radius 3 is 2.40 bits per heavy atom.